The molecule has 0 aliphatic rings. The summed E-state index contributed by atoms with van der Waals surface area (Å²) in [7, 11) is 0. The Morgan fingerprint density at radius 1 is 1.09 bits per heavy atom. The molecule has 0 fully saturated rings. The fourth-order valence-corrected chi connectivity index (χ4v) is 2.44. The Kier molecular flexibility index (Phi) is 10.8. The maximum Gasteiger partial charge on any atom is 0.240 e. The van der Waals surface area contributed by atoms with Crippen molar-refractivity contribution in [3.05, 3.63) is 30.1 Å². The molecular formula is C19H31N3O. The molecule has 0 spiro atoms. The molecule has 128 valence electrons. The lowest BCUT2D eigenvalue weighted by atomic mass is 10.1. The number of nitrogens with one attached hydrogen (secondary N) is 1. The van der Waals surface area contributed by atoms with E-state index in [0.717, 1.165) is 24.1 Å². The molecule has 1 aromatic rings. The van der Waals surface area contributed by atoms with Gasteiger partial charge in [0.1, 0.15) is 0 Å². The van der Waals surface area contributed by atoms with Crippen molar-refractivity contribution in [3.8, 4) is 0 Å². The number of hydrazone groups is 1. The summed E-state index contributed by atoms with van der Waals surface area (Å²) in [5.74, 6) is -0.00353. The second kappa shape index (κ2) is 12.8. The first-order valence-electron chi connectivity index (χ1n) is 8.97. The largest absolute Gasteiger partial charge is 0.273 e. The van der Waals surface area contributed by atoms with Crippen LogP contribution < -0.4 is 5.43 Å². The second-order valence-corrected chi connectivity index (χ2v) is 6.05. The summed E-state index contributed by atoms with van der Waals surface area (Å²) in [5.41, 5.74) is 4.33. The molecule has 0 aliphatic carbocycles. The van der Waals surface area contributed by atoms with E-state index in [1.807, 2.05) is 19.1 Å². The zero-order valence-electron chi connectivity index (χ0n) is 14.7. The van der Waals surface area contributed by atoms with Gasteiger partial charge < -0.3 is 0 Å². The van der Waals surface area contributed by atoms with Gasteiger partial charge in [-0.1, -0.05) is 64.4 Å². The van der Waals surface area contributed by atoms with Gasteiger partial charge in [-0.25, -0.2) is 5.43 Å². The lowest BCUT2D eigenvalue weighted by Gasteiger charge is -2.03. The van der Waals surface area contributed by atoms with E-state index in [0.29, 0.717) is 6.42 Å². The highest BCUT2D eigenvalue weighted by Crippen LogP contribution is 2.10. The van der Waals surface area contributed by atoms with Crippen molar-refractivity contribution in [3.63, 3.8) is 0 Å². The molecule has 1 amide bonds. The molecule has 1 heterocycles. The molecule has 0 aliphatic heterocycles. The molecule has 1 aromatic heterocycles. The van der Waals surface area contributed by atoms with E-state index >= 15 is 0 Å². The number of carbonyl (C=O) groups is 1. The molecule has 1 rings (SSSR count). The molecule has 0 aromatic carbocycles. The van der Waals surface area contributed by atoms with Crippen molar-refractivity contribution in [2.45, 2.75) is 78.1 Å². The molecule has 0 unspecified atom stereocenters. The molecule has 23 heavy (non-hydrogen) atoms. The predicted octanol–water partition coefficient (Wildman–Crippen LogP) is 4.84. The second-order valence-electron chi connectivity index (χ2n) is 6.05. The number of pyridine rings is 1. The zero-order valence-corrected chi connectivity index (χ0v) is 14.7. The van der Waals surface area contributed by atoms with Crippen molar-refractivity contribution < 1.29 is 4.79 Å². The smallest absolute Gasteiger partial charge is 0.240 e. The zero-order chi connectivity index (χ0) is 16.8. The number of unbranched alkanes of at least 4 members (excludes halogenated alkanes) is 8. The normalized spacial score (nSPS) is 11.5. The molecule has 1 N–H and O–H groups in total. The van der Waals surface area contributed by atoms with Gasteiger partial charge in [-0.2, -0.15) is 5.10 Å². The number of rotatable bonds is 12. The average Bonchev–Trinajstić information content (AvgIpc) is 2.59. The van der Waals surface area contributed by atoms with E-state index in [1.54, 1.807) is 12.4 Å². The van der Waals surface area contributed by atoms with Crippen molar-refractivity contribution in [2.75, 3.05) is 0 Å². The minimum absolute atomic E-state index is 0.00353. The van der Waals surface area contributed by atoms with Crippen LogP contribution in [0.2, 0.25) is 0 Å². The van der Waals surface area contributed by atoms with Crippen LogP contribution in [0.3, 0.4) is 0 Å². The maximum absolute atomic E-state index is 11.8. The van der Waals surface area contributed by atoms with Crippen LogP contribution in [0.25, 0.3) is 0 Å². The highest BCUT2D eigenvalue weighted by molar-refractivity contribution is 5.98. The number of hydrogen-bond donors (Lipinski definition) is 1. The summed E-state index contributed by atoms with van der Waals surface area (Å²) in [4.78, 5) is 15.8. The Morgan fingerprint density at radius 3 is 2.35 bits per heavy atom. The fraction of sp³-hybridized carbons (Fsp3) is 0.632. The number of aromatic nitrogens is 1. The summed E-state index contributed by atoms with van der Waals surface area (Å²) < 4.78 is 0. The van der Waals surface area contributed by atoms with Crippen molar-refractivity contribution in [2.24, 2.45) is 5.10 Å². The van der Waals surface area contributed by atoms with Crippen LogP contribution in [0.4, 0.5) is 0 Å². The number of hydrogen-bond acceptors (Lipinski definition) is 3. The quantitative estimate of drug-likeness (QED) is 0.340. The fourth-order valence-electron chi connectivity index (χ4n) is 2.44. The third-order valence-corrected chi connectivity index (χ3v) is 3.94. The van der Waals surface area contributed by atoms with E-state index < -0.39 is 0 Å². The van der Waals surface area contributed by atoms with Gasteiger partial charge in [0.25, 0.3) is 0 Å². The molecule has 0 atom stereocenters. The number of amides is 1. The first kappa shape index (κ1) is 19.3. The number of nitrogens with zero attached hydrogens (tertiary/aromatic N) is 2. The van der Waals surface area contributed by atoms with Crippen molar-refractivity contribution in [1.82, 2.24) is 10.4 Å². The topological polar surface area (TPSA) is 54.4 Å². The number of carbonyl (C=O) groups excluding carboxylic acids is 1. The summed E-state index contributed by atoms with van der Waals surface area (Å²) in [6.45, 7) is 4.11. The Labute approximate surface area is 140 Å². The van der Waals surface area contributed by atoms with Gasteiger partial charge >= 0.3 is 0 Å². The van der Waals surface area contributed by atoms with Gasteiger partial charge in [-0.15, -0.1) is 0 Å². The van der Waals surface area contributed by atoms with Crippen molar-refractivity contribution in [1.29, 1.82) is 0 Å². The Balaban J connectivity index is 2.04. The molecule has 4 nitrogen and oxygen atoms in total. The molecule has 4 heteroatoms. The maximum atomic E-state index is 11.8. The van der Waals surface area contributed by atoms with Crippen LogP contribution in [0.5, 0.6) is 0 Å². The van der Waals surface area contributed by atoms with Crippen molar-refractivity contribution >= 4 is 11.6 Å². The van der Waals surface area contributed by atoms with Gasteiger partial charge in [0.05, 0.1) is 5.71 Å². The van der Waals surface area contributed by atoms with E-state index in [9.17, 15) is 4.79 Å². The van der Waals surface area contributed by atoms with E-state index in [2.05, 4.69) is 22.4 Å². The molecule has 0 saturated carbocycles. The van der Waals surface area contributed by atoms with E-state index in [4.69, 9.17) is 0 Å². The molecular weight excluding hydrogens is 286 g/mol. The average molecular weight is 317 g/mol. The van der Waals surface area contributed by atoms with Crippen LogP contribution in [0, 0.1) is 0 Å². The van der Waals surface area contributed by atoms with Gasteiger partial charge in [0.15, 0.2) is 0 Å². The third-order valence-electron chi connectivity index (χ3n) is 3.94. The van der Waals surface area contributed by atoms with Crippen LogP contribution in [-0.4, -0.2) is 16.6 Å². The molecule has 0 radical (unpaired) electrons. The Morgan fingerprint density at radius 2 is 1.74 bits per heavy atom. The minimum atomic E-state index is -0.00353. The highest BCUT2D eigenvalue weighted by atomic mass is 16.2. The van der Waals surface area contributed by atoms with Crippen LogP contribution in [-0.2, 0) is 4.79 Å². The van der Waals surface area contributed by atoms with Crippen LogP contribution in [0.1, 0.15) is 83.6 Å². The van der Waals surface area contributed by atoms with Crippen LogP contribution in [0.15, 0.2) is 29.6 Å². The standard InChI is InChI=1S/C19H31N3O/c1-3-4-5-6-7-8-9-10-11-14-19(23)22-21-17(2)18-13-12-15-20-16-18/h12-13,15-16H,3-11,14H2,1-2H3,(H,22,23). The lowest BCUT2D eigenvalue weighted by Crippen LogP contribution is -2.18. The molecule has 0 bridgehead atoms. The first-order valence-corrected chi connectivity index (χ1v) is 8.97. The van der Waals surface area contributed by atoms with Gasteiger partial charge in [-0.3, -0.25) is 9.78 Å². The van der Waals surface area contributed by atoms with Gasteiger partial charge in [0.2, 0.25) is 5.91 Å². The van der Waals surface area contributed by atoms with Gasteiger partial charge in [0, 0.05) is 24.4 Å². The summed E-state index contributed by atoms with van der Waals surface area (Å²) in [6.07, 6.45) is 15.3. The molecule has 0 saturated heterocycles. The van der Waals surface area contributed by atoms with Gasteiger partial charge in [-0.05, 0) is 19.4 Å². The summed E-state index contributed by atoms with van der Waals surface area (Å²) in [6, 6.07) is 3.79. The van der Waals surface area contributed by atoms with Crippen LogP contribution >= 0.6 is 0 Å². The predicted molar refractivity (Wildman–Crippen MR) is 96.4 cm³/mol. The SMILES string of the molecule is CCCCCCCCCCCC(=O)NN=C(C)c1cccnc1. The monoisotopic (exact) mass is 317 g/mol. The highest BCUT2D eigenvalue weighted by Gasteiger charge is 2.01. The third kappa shape index (κ3) is 9.82. The van der Waals surface area contributed by atoms with E-state index in [-0.39, 0.29) is 5.91 Å². The first-order chi connectivity index (χ1) is 11.2. The Bertz CT molecular complexity index is 457. The Hall–Kier alpha value is -1.71. The lowest BCUT2D eigenvalue weighted by molar-refractivity contribution is -0.121. The van der Waals surface area contributed by atoms with E-state index in [1.165, 1.54) is 44.9 Å². The minimum Gasteiger partial charge on any atom is -0.273 e. The summed E-state index contributed by atoms with van der Waals surface area (Å²) in [5, 5.41) is 4.13. The summed E-state index contributed by atoms with van der Waals surface area (Å²) >= 11 is 0.